The summed E-state index contributed by atoms with van der Waals surface area (Å²) in [5.74, 6) is 2.47. The molecule has 1 aliphatic rings. The van der Waals surface area contributed by atoms with Crippen molar-refractivity contribution < 1.29 is 4.42 Å². The Morgan fingerprint density at radius 2 is 1.79 bits per heavy atom. The molecule has 1 saturated carbocycles. The fourth-order valence-electron chi connectivity index (χ4n) is 4.08. The van der Waals surface area contributed by atoms with Crippen LogP contribution in [0.4, 0.5) is 0 Å². The van der Waals surface area contributed by atoms with E-state index in [9.17, 15) is 0 Å². The maximum absolute atomic E-state index is 6.09. The minimum Gasteiger partial charge on any atom is -0.440 e. The molecule has 0 unspecified atom stereocenters. The summed E-state index contributed by atoms with van der Waals surface area (Å²) in [7, 11) is 0. The van der Waals surface area contributed by atoms with E-state index in [1.807, 2.05) is 0 Å². The van der Waals surface area contributed by atoms with Crippen LogP contribution in [0.15, 0.2) is 22.6 Å². The number of nitrogens with zero attached hydrogens (tertiary/aromatic N) is 1. The monoisotopic (exact) mass is 327 g/mol. The van der Waals surface area contributed by atoms with Crippen LogP contribution in [0.1, 0.15) is 95.4 Å². The van der Waals surface area contributed by atoms with Crippen LogP contribution < -0.4 is 0 Å². The highest BCUT2D eigenvalue weighted by Crippen LogP contribution is 2.38. The van der Waals surface area contributed by atoms with E-state index in [1.54, 1.807) is 0 Å². The van der Waals surface area contributed by atoms with Crippen LogP contribution in [0.2, 0.25) is 0 Å². The van der Waals surface area contributed by atoms with Crippen molar-refractivity contribution in [3.05, 3.63) is 29.7 Å². The molecule has 132 valence electrons. The summed E-state index contributed by atoms with van der Waals surface area (Å²) in [6.45, 7) is 4.53. The van der Waals surface area contributed by atoms with Crippen LogP contribution in [0.5, 0.6) is 0 Å². The molecule has 2 nitrogen and oxygen atoms in total. The van der Waals surface area contributed by atoms with Gasteiger partial charge in [-0.25, -0.2) is 4.98 Å². The summed E-state index contributed by atoms with van der Waals surface area (Å²) >= 11 is 0. The Morgan fingerprint density at radius 1 is 1.00 bits per heavy atom. The third kappa shape index (κ3) is 4.40. The molecule has 0 saturated heterocycles. The molecule has 0 bridgehead atoms. The molecule has 0 radical (unpaired) electrons. The second-order valence-electron chi connectivity index (χ2n) is 7.67. The van der Waals surface area contributed by atoms with E-state index in [4.69, 9.17) is 9.40 Å². The first-order valence-corrected chi connectivity index (χ1v) is 10.2. The first kappa shape index (κ1) is 17.5. The van der Waals surface area contributed by atoms with Gasteiger partial charge in [0.1, 0.15) is 5.52 Å². The SMILES string of the molecule is CCCCC[C@H]1CC[C@H](c2nc3cc(CCCC)ccc3o2)CC1. The highest BCUT2D eigenvalue weighted by atomic mass is 16.3. The fourth-order valence-corrected chi connectivity index (χ4v) is 4.08. The van der Waals surface area contributed by atoms with Crippen molar-refractivity contribution in [1.82, 2.24) is 4.98 Å². The molecule has 1 fully saturated rings. The molecular weight excluding hydrogens is 294 g/mol. The van der Waals surface area contributed by atoms with Gasteiger partial charge in [0.2, 0.25) is 0 Å². The molecule has 24 heavy (non-hydrogen) atoms. The Hall–Kier alpha value is -1.31. The minimum atomic E-state index is 0.541. The summed E-state index contributed by atoms with van der Waals surface area (Å²) in [6.07, 6.45) is 14.4. The van der Waals surface area contributed by atoms with E-state index in [1.165, 1.54) is 69.8 Å². The van der Waals surface area contributed by atoms with Gasteiger partial charge in [0.15, 0.2) is 11.5 Å². The number of benzene rings is 1. The summed E-state index contributed by atoms with van der Waals surface area (Å²) in [4.78, 5) is 4.84. The van der Waals surface area contributed by atoms with Gasteiger partial charge in [0.25, 0.3) is 0 Å². The zero-order valence-electron chi connectivity index (χ0n) is 15.5. The third-order valence-corrected chi connectivity index (χ3v) is 5.70. The zero-order chi connectivity index (χ0) is 16.8. The molecule has 0 atom stereocenters. The molecule has 3 rings (SSSR count). The molecule has 0 amide bonds. The lowest BCUT2D eigenvalue weighted by atomic mass is 9.79. The predicted molar refractivity (Wildman–Crippen MR) is 101 cm³/mol. The van der Waals surface area contributed by atoms with Crippen molar-refractivity contribution >= 4 is 11.1 Å². The van der Waals surface area contributed by atoms with Crippen LogP contribution >= 0.6 is 0 Å². The molecule has 1 aromatic carbocycles. The van der Waals surface area contributed by atoms with Crippen molar-refractivity contribution in [1.29, 1.82) is 0 Å². The van der Waals surface area contributed by atoms with Crippen molar-refractivity contribution in [2.24, 2.45) is 5.92 Å². The highest BCUT2D eigenvalue weighted by Gasteiger charge is 2.25. The zero-order valence-corrected chi connectivity index (χ0v) is 15.5. The normalized spacial score (nSPS) is 21.4. The summed E-state index contributed by atoms with van der Waals surface area (Å²) in [5.41, 5.74) is 3.42. The molecule has 2 aromatic rings. The predicted octanol–water partition coefficient (Wildman–Crippen LogP) is 7.02. The van der Waals surface area contributed by atoms with Crippen LogP contribution in [-0.2, 0) is 6.42 Å². The van der Waals surface area contributed by atoms with Gasteiger partial charge in [0, 0.05) is 5.92 Å². The van der Waals surface area contributed by atoms with Gasteiger partial charge in [-0.3, -0.25) is 0 Å². The van der Waals surface area contributed by atoms with Gasteiger partial charge in [0.05, 0.1) is 0 Å². The molecule has 0 aliphatic heterocycles. The number of hydrogen-bond acceptors (Lipinski definition) is 2. The van der Waals surface area contributed by atoms with Crippen LogP contribution in [0, 0.1) is 5.92 Å². The average molecular weight is 328 g/mol. The van der Waals surface area contributed by atoms with Gasteiger partial charge in [-0.15, -0.1) is 0 Å². The highest BCUT2D eigenvalue weighted by molar-refractivity contribution is 5.73. The Morgan fingerprint density at radius 3 is 2.54 bits per heavy atom. The van der Waals surface area contributed by atoms with E-state index in [0.29, 0.717) is 5.92 Å². The van der Waals surface area contributed by atoms with Crippen molar-refractivity contribution in [2.45, 2.75) is 90.4 Å². The average Bonchev–Trinajstić information content (AvgIpc) is 3.04. The standard InChI is InChI=1S/C22H33NO/c1-3-5-7-9-17-10-13-19(14-11-17)22-23-20-16-18(8-6-4-2)12-15-21(20)24-22/h12,15-17,19H,3-11,13-14H2,1-2H3/t17-,19-. The van der Waals surface area contributed by atoms with Crippen molar-refractivity contribution in [2.75, 3.05) is 0 Å². The molecule has 1 heterocycles. The number of oxazole rings is 1. The number of rotatable bonds is 8. The largest absolute Gasteiger partial charge is 0.440 e. The Bertz CT molecular complexity index is 622. The van der Waals surface area contributed by atoms with E-state index in [-0.39, 0.29) is 0 Å². The molecule has 1 aliphatic carbocycles. The summed E-state index contributed by atoms with van der Waals surface area (Å²) < 4.78 is 6.09. The third-order valence-electron chi connectivity index (χ3n) is 5.70. The van der Waals surface area contributed by atoms with Crippen LogP contribution in [0.25, 0.3) is 11.1 Å². The molecule has 0 N–H and O–H groups in total. The van der Waals surface area contributed by atoms with Gasteiger partial charge in [-0.1, -0.05) is 52.0 Å². The van der Waals surface area contributed by atoms with E-state index in [0.717, 1.165) is 29.3 Å². The van der Waals surface area contributed by atoms with Crippen molar-refractivity contribution in [3.63, 3.8) is 0 Å². The second-order valence-corrected chi connectivity index (χ2v) is 7.67. The Labute approximate surface area is 147 Å². The van der Waals surface area contributed by atoms with Crippen LogP contribution in [-0.4, -0.2) is 4.98 Å². The van der Waals surface area contributed by atoms with Gasteiger partial charge in [-0.2, -0.15) is 0 Å². The molecule has 1 aromatic heterocycles. The number of unbranched alkanes of at least 4 members (excludes halogenated alkanes) is 3. The van der Waals surface area contributed by atoms with Crippen LogP contribution in [0.3, 0.4) is 0 Å². The van der Waals surface area contributed by atoms with E-state index >= 15 is 0 Å². The lowest BCUT2D eigenvalue weighted by Crippen LogP contribution is -2.13. The number of fused-ring (bicyclic) bond motifs is 1. The first-order chi connectivity index (χ1) is 11.8. The van der Waals surface area contributed by atoms with Gasteiger partial charge >= 0.3 is 0 Å². The summed E-state index contributed by atoms with van der Waals surface area (Å²) in [6, 6.07) is 6.55. The summed E-state index contributed by atoms with van der Waals surface area (Å²) in [5, 5.41) is 0. The van der Waals surface area contributed by atoms with Gasteiger partial charge < -0.3 is 4.42 Å². The maximum atomic E-state index is 6.09. The minimum absolute atomic E-state index is 0.541. The first-order valence-electron chi connectivity index (χ1n) is 10.2. The lowest BCUT2D eigenvalue weighted by Gasteiger charge is -2.26. The number of aromatic nitrogens is 1. The van der Waals surface area contributed by atoms with E-state index in [2.05, 4.69) is 32.0 Å². The number of aryl methyl sites for hydroxylation is 1. The van der Waals surface area contributed by atoms with Gasteiger partial charge in [-0.05, 0) is 62.1 Å². The lowest BCUT2D eigenvalue weighted by molar-refractivity contribution is 0.279. The number of hydrogen-bond donors (Lipinski definition) is 0. The molecular formula is C22H33NO. The molecule has 2 heteroatoms. The van der Waals surface area contributed by atoms with E-state index < -0.39 is 0 Å². The smallest absolute Gasteiger partial charge is 0.198 e. The molecule has 0 spiro atoms. The Kier molecular flexibility index (Phi) is 6.34. The topological polar surface area (TPSA) is 26.0 Å². The quantitative estimate of drug-likeness (QED) is 0.487. The maximum Gasteiger partial charge on any atom is 0.198 e. The Balaban J connectivity index is 1.59. The second kappa shape index (κ2) is 8.69. The fraction of sp³-hybridized carbons (Fsp3) is 0.682. The van der Waals surface area contributed by atoms with Crippen molar-refractivity contribution in [3.8, 4) is 0 Å².